The number of aromatic amines is 1. The summed E-state index contributed by atoms with van der Waals surface area (Å²) < 4.78 is 0.455. The molecule has 2 heterocycles. The molecule has 19 heavy (non-hydrogen) atoms. The summed E-state index contributed by atoms with van der Waals surface area (Å²) in [6.07, 6.45) is 2.14. The van der Waals surface area contributed by atoms with E-state index in [-0.39, 0.29) is 0 Å². The average molecular weight is 285 g/mol. The summed E-state index contributed by atoms with van der Waals surface area (Å²) in [4.78, 5) is 9.69. The first-order valence-corrected chi connectivity index (χ1v) is 7.36. The summed E-state index contributed by atoms with van der Waals surface area (Å²) in [6.45, 7) is 0. The van der Waals surface area contributed by atoms with Crippen LogP contribution in [-0.2, 0) is 12.8 Å². The second-order valence-corrected chi connectivity index (χ2v) is 6.16. The Hall–Kier alpha value is -1.72. The third-order valence-electron chi connectivity index (χ3n) is 3.58. The molecule has 3 nitrogen and oxygen atoms in total. The number of rotatable bonds is 0. The van der Waals surface area contributed by atoms with Crippen LogP contribution in [0.1, 0.15) is 10.4 Å². The van der Waals surface area contributed by atoms with Gasteiger partial charge in [0, 0.05) is 10.4 Å². The number of anilines is 1. The predicted molar refractivity (Wildman–Crippen MR) is 82.1 cm³/mol. The summed E-state index contributed by atoms with van der Waals surface area (Å²) in [6, 6.07) is 8.52. The van der Waals surface area contributed by atoms with Crippen LogP contribution in [0.3, 0.4) is 0 Å². The topological polar surface area (TPSA) is 54.7 Å². The van der Waals surface area contributed by atoms with Gasteiger partial charge in [0.15, 0.2) is 4.77 Å². The predicted octanol–water partition coefficient (Wildman–Crippen LogP) is 3.70. The number of thiophene rings is 1. The normalized spacial score (nSPS) is 13.3. The maximum Gasteiger partial charge on any atom is 0.199 e. The molecule has 0 radical (unpaired) electrons. The second kappa shape index (κ2) is 3.88. The van der Waals surface area contributed by atoms with Gasteiger partial charge in [-0.05, 0) is 36.2 Å². The summed E-state index contributed by atoms with van der Waals surface area (Å²) in [5.74, 6) is 0.629. The summed E-state index contributed by atoms with van der Waals surface area (Å²) in [7, 11) is 0. The minimum Gasteiger partial charge on any atom is -0.385 e. The number of aryl methyl sites for hydroxylation is 2. The van der Waals surface area contributed by atoms with Crippen molar-refractivity contribution in [3.63, 3.8) is 0 Å². The van der Waals surface area contributed by atoms with Crippen LogP contribution in [0.15, 0.2) is 24.3 Å². The molecule has 94 valence electrons. The fraction of sp³-hybridized carbons (Fsp3) is 0.143. The highest BCUT2D eigenvalue weighted by Crippen LogP contribution is 2.44. The Bertz CT molecular complexity index is 861. The highest BCUT2D eigenvalue weighted by Gasteiger charge is 2.23. The molecular weight excluding hydrogens is 274 g/mol. The monoisotopic (exact) mass is 285 g/mol. The Morgan fingerprint density at radius 2 is 2.11 bits per heavy atom. The van der Waals surface area contributed by atoms with Gasteiger partial charge in [-0.1, -0.05) is 24.3 Å². The first-order chi connectivity index (χ1) is 9.24. The van der Waals surface area contributed by atoms with Gasteiger partial charge in [-0.2, -0.15) is 0 Å². The minimum absolute atomic E-state index is 0.455. The van der Waals surface area contributed by atoms with E-state index in [1.807, 2.05) is 0 Å². The van der Waals surface area contributed by atoms with Gasteiger partial charge < -0.3 is 10.7 Å². The van der Waals surface area contributed by atoms with Gasteiger partial charge in [0.05, 0.1) is 5.39 Å². The van der Waals surface area contributed by atoms with E-state index in [9.17, 15) is 0 Å². The number of nitrogens with two attached hydrogens (primary N) is 1. The number of fused-ring (bicyclic) bond motifs is 5. The highest BCUT2D eigenvalue weighted by atomic mass is 32.1. The van der Waals surface area contributed by atoms with Gasteiger partial charge in [-0.3, -0.25) is 0 Å². The van der Waals surface area contributed by atoms with Crippen molar-refractivity contribution in [1.82, 2.24) is 9.97 Å². The van der Waals surface area contributed by atoms with Gasteiger partial charge in [-0.15, -0.1) is 11.3 Å². The molecule has 1 aromatic carbocycles. The van der Waals surface area contributed by atoms with Crippen LogP contribution in [-0.4, -0.2) is 9.97 Å². The van der Waals surface area contributed by atoms with Crippen molar-refractivity contribution in [3.05, 3.63) is 39.5 Å². The lowest BCUT2D eigenvalue weighted by Crippen LogP contribution is -2.01. The number of nitrogens with one attached hydrogen (secondary N) is 1. The van der Waals surface area contributed by atoms with Gasteiger partial charge in [0.1, 0.15) is 10.6 Å². The molecule has 3 aromatic rings. The first kappa shape index (κ1) is 11.1. The van der Waals surface area contributed by atoms with Crippen molar-refractivity contribution in [2.24, 2.45) is 0 Å². The molecule has 5 heteroatoms. The lowest BCUT2D eigenvalue weighted by molar-refractivity contribution is 0.965. The van der Waals surface area contributed by atoms with Crippen LogP contribution < -0.4 is 5.73 Å². The Morgan fingerprint density at radius 3 is 3.00 bits per heavy atom. The molecule has 0 fully saturated rings. The molecular formula is C14H11N3S2. The summed E-state index contributed by atoms with van der Waals surface area (Å²) >= 11 is 6.82. The van der Waals surface area contributed by atoms with Crippen LogP contribution in [0.2, 0.25) is 0 Å². The molecule has 0 spiro atoms. The number of nitrogens with zero attached hydrogens (tertiary/aromatic N) is 1. The molecule has 0 saturated heterocycles. The molecule has 0 unspecified atom stereocenters. The number of benzene rings is 1. The van der Waals surface area contributed by atoms with Crippen molar-refractivity contribution in [1.29, 1.82) is 0 Å². The van der Waals surface area contributed by atoms with Gasteiger partial charge in [-0.25, -0.2) is 4.98 Å². The molecule has 0 saturated carbocycles. The van der Waals surface area contributed by atoms with E-state index in [1.54, 1.807) is 11.3 Å². The van der Waals surface area contributed by atoms with E-state index in [0.717, 1.165) is 23.1 Å². The molecule has 3 N–H and O–H groups in total. The molecule has 1 aliphatic rings. The van der Waals surface area contributed by atoms with Gasteiger partial charge in [0.2, 0.25) is 0 Å². The number of H-pyrrole nitrogens is 1. The van der Waals surface area contributed by atoms with Crippen molar-refractivity contribution in [2.45, 2.75) is 12.8 Å². The fourth-order valence-corrected chi connectivity index (χ4v) is 4.24. The van der Waals surface area contributed by atoms with E-state index >= 15 is 0 Å². The van der Waals surface area contributed by atoms with Crippen LogP contribution in [0.25, 0.3) is 21.3 Å². The van der Waals surface area contributed by atoms with E-state index in [1.165, 1.54) is 21.6 Å². The zero-order valence-electron chi connectivity index (χ0n) is 10.1. The number of hydrogen-bond acceptors (Lipinski definition) is 4. The Labute approximate surface area is 119 Å². The maximum atomic E-state index is 6.13. The molecule has 1 aliphatic carbocycles. The molecule has 4 rings (SSSR count). The lowest BCUT2D eigenvalue weighted by Gasteiger charge is -2.16. The van der Waals surface area contributed by atoms with E-state index in [4.69, 9.17) is 18.0 Å². The highest BCUT2D eigenvalue weighted by molar-refractivity contribution is 7.71. The third-order valence-corrected chi connectivity index (χ3v) is 4.92. The van der Waals surface area contributed by atoms with E-state index in [0.29, 0.717) is 10.6 Å². The fourth-order valence-electron chi connectivity index (χ4n) is 2.78. The van der Waals surface area contributed by atoms with Crippen LogP contribution in [0, 0.1) is 4.77 Å². The third kappa shape index (κ3) is 1.55. The number of hydrogen-bond donors (Lipinski definition) is 2. The summed E-state index contributed by atoms with van der Waals surface area (Å²) in [5, 5.41) is 1.03. The van der Waals surface area contributed by atoms with Gasteiger partial charge in [0.25, 0.3) is 0 Å². The second-order valence-electron chi connectivity index (χ2n) is 4.69. The summed E-state index contributed by atoms with van der Waals surface area (Å²) in [5.41, 5.74) is 10.0. The van der Waals surface area contributed by atoms with Crippen LogP contribution in [0.4, 0.5) is 5.82 Å². The molecule has 2 aromatic heterocycles. The minimum atomic E-state index is 0.455. The average Bonchev–Trinajstić information content (AvgIpc) is 2.77. The quantitative estimate of drug-likeness (QED) is 0.619. The van der Waals surface area contributed by atoms with Crippen LogP contribution >= 0.6 is 23.6 Å². The molecule has 0 amide bonds. The van der Waals surface area contributed by atoms with E-state index in [2.05, 4.69) is 34.2 Å². The van der Waals surface area contributed by atoms with Crippen molar-refractivity contribution in [2.75, 3.05) is 5.73 Å². The van der Waals surface area contributed by atoms with Gasteiger partial charge >= 0.3 is 0 Å². The zero-order chi connectivity index (χ0) is 13.0. The number of aromatic nitrogens is 2. The maximum absolute atomic E-state index is 6.13. The standard InChI is InChI=1S/C14H11N3S2/c15-12-11-10-8-4-2-1-3-7(8)5-6-9(10)19-13(11)17-14(18)16-12/h1-4H,5-6H2,(H3,15,16,17,18). The SMILES string of the molecule is Nc1[nH]c(=S)nc2sc3c(c12)-c1ccccc1CC3. The molecule has 0 atom stereocenters. The van der Waals surface area contributed by atoms with E-state index < -0.39 is 0 Å². The lowest BCUT2D eigenvalue weighted by atomic mass is 9.89. The number of nitrogen functional groups attached to an aromatic ring is 1. The molecule has 0 bridgehead atoms. The molecule has 0 aliphatic heterocycles. The smallest absolute Gasteiger partial charge is 0.199 e. The Morgan fingerprint density at radius 1 is 1.26 bits per heavy atom. The van der Waals surface area contributed by atoms with Crippen molar-refractivity contribution >= 4 is 39.6 Å². The first-order valence-electron chi connectivity index (χ1n) is 6.13. The Balaban J connectivity index is 2.18. The zero-order valence-corrected chi connectivity index (χ0v) is 11.7. The van der Waals surface area contributed by atoms with Crippen molar-refractivity contribution < 1.29 is 0 Å². The van der Waals surface area contributed by atoms with Crippen LogP contribution in [0.5, 0.6) is 0 Å². The Kier molecular flexibility index (Phi) is 2.28. The largest absolute Gasteiger partial charge is 0.385 e. The van der Waals surface area contributed by atoms with Crippen molar-refractivity contribution in [3.8, 4) is 11.1 Å².